The second-order valence-electron chi connectivity index (χ2n) is 6.25. The number of amides is 1. The Hall–Kier alpha value is -4.19. The number of carbonyl (C=O) groups is 2. The zero-order chi connectivity index (χ0) is 20.2. The topological polar surface area (TPSA) is 79.2 Å². The molecule has 3 aromatic rings. The van der Waals surface area contributed by atoms with E-state index >= 15 is 0 Å². The minimum atomic E-state index is -1.26. The van der Waals surface area contributed by atoms with Crippen molar-refractivity contribution < 1.29 is 19.4 Å². The molecule has 1 aliphatic rings. The molecule has 0 bridgehead atoms. The van der Waals surface area contributed by atoms with Crippen molar-refractivity contribution in [3.63, 3.8) is 0 Å². The van der Waals surface area contributed by atoms with Gasteiger partial charge in [-0.05, 0) is 48.0 Å². The smallest absolute Gasteiger partial charge is 0.357 e. The molecule has 0 atom stereocenters. The lowest BCUT2D eigenvalue weighted by Gasteiger charge is -2.10. The lowest BCUT2D eigenvalue weighted by atomic mass is 10.1. The van der Waals surface area contributed by atoms with Gasteiger partial charge in [-0.15, -0.1) is 0 Å². The Morgan fingerprint density at radius 2 is 1.45 bits per heavy atom. The minimum absolute atomic E-state index is 0.0260. The number of ether oxygens (including phenoxy) is 1. The van der Waals surface area contributed by atoms with Gasteiger partial charge in [-0.1, -0.05) is 48.5 Å². The molecular formula is C23H16N2O4. The normalized spacial score (nSPS) is 14.8. The van der Waals surface area contributed by atoms with E-state index in [1.165, 1.54) is 6.08 Å². The van der Waals surface area contributed by atoms with Gasteiger partial charge < -0.3 is 9.84 Å². The molecule has 29 heavy (non-hydrogen) atoms. The van der Waals surface area contributed by atoms with E-state index in [0.717, 1.165) is 5.01 Å². The molecule has 0 unspecified atom stereocenters. The van der Waals surface area contributed by atoms with E-state index in [0.29, 0.717) is 22.7 Å². The number of carbonyl (C=O) groups excluding carboxylic acids is 1. The fraction of sp³-hybridized carbons (Fsp3) is 0. The quantitative estimate of drug-likeness (QED) is 0.663. The third kappa shape index (κ3) is 3.91. The van der Waals surface area contributed by atoms with Crippen molar-refractivity contribution in [2.24, 2.45) is 5.10 Å². The molecule has 6 heteroatoms. The standard InChI is InChI=1S/C23H16N2O4/c26-22-20(21(23(27)28)24-25(22)17-7-3-1-4-8-17)15-16-11-13-19(14-12-16)29-18-9-5-2-6-10-18/h1-15H,(H,27,28). The zero-order valence-electron chi connectivity index (χ0n) is 15.2. The summed E-state index contributed by atoms with van der Waals surface area (Å²) in [5, 5.41) is 14.6. The highest BCUT2D eigenvalue weighted by atomic mass is 16.5. The van der Waals surface area contributed by atoms with Crippen LogP contribution in [0.15, 0.2) is 95.6 Å². The number of nitrogens with zero attached hydrogens (tertiary/aromatic N) is 2. The minimum Gasteiger partial charge on any atom is -0.476 e. The van der Waals surface area contributed by atoms with Crippen LogP contribution in [0, 0.1) is 0 Å². The molecule has 1 heterocycles. The molecule has 0 radical (unpaired) electrons. The molecule has 0 saturated heterocycles. The lowest BCUT2D eigenvalue weighted by molar-refractivity contribution is -0.129. The van der Waals surface area contributed by atoms with Crippen molar-refractivity contribution in [3.8, 4) is 11.5 Å². The molecule has 0 aliphatic carbocycles. The van der Waals surface area contributed by atoms with Crippen LogP contribution in [0.5, 0.6) is 11.5 Å². The van der Waals surface area contributed by atoms with Gasteiger partial charge in [-0.25, -0.2) is 4.79 Å². The van der Waals surface area contributed by atoms with Gasteiger partial charge in [0.2, 0.25) is 0 Å². The Morgan fingerprint density at radius 3 is 2.07 bits per heavy atom. The number of benzene rings is 3. The average molecular weight is 384 g/mol. The summed E-state index contributed by atoms with van der Waals surface area (Å²) in [7, 11) is 0. The summed E-state index contributed by atoms with van der Waals surface area (Å²) in [6, 6.07) is 25.1. The first kappa shape index (κ1) is 18.2. The fourth-order valence-corrected chi connectivity index (χ4v) is 2.87. The Bertz CT molecular complexity index is 1100. The summed E-state index contributed by atoms with van der Waals surface area (Å²) in [5.41, 5.74) is 0.908. The van der Waals surface area contributed by atoms with Crippen molar-refractivity contribution in [2.45, 2.75) is 0 Å². The molecule has 142 valence electrons. The van der Waals surface area contributed by atoms with Crippen molar-refractivity contribution in [1.29, 1.82) is 0 Å². The van der Waals surface area contributed by atoms with Crippen LogP contribution >= 0.6 is 0 Å². The van der Waals surface area contributed by atoms with Crippen molar-refractivity contribution in [3.05, 3.63) is 96.1 Å². The molecule has 3 aromatic carbocycles. The number of hydrazone groups is 1. The molecule has 0 spiro atoms. The van der Waals surface area contributed by atoms with Crippen molar-refractivity contribution in [2.75, 3.05) is 5.01 Å². The van der Waals surface area contributed by atoms with Gasteiger partial charge in [0.1, 0.15) is 11.5 Å². The third-order valence-corrected chi connectivity index (χ3v) is 4.25. The second-order valence-corrected chi connectivity index (χ2v) is 6.25. The highest BCUT2D eigenvalue weighted by molar-refractivity contribution is 6.53. The van der Waals surface area contributed by atoms with Crippen LogP contribution in [0.25, 0.3) is 6.08 Å². The van der Waals surface area contributed by atoms with Gasteiger partial charge >= 0.3 is 5.97 Å². The lowest BCUT2D eigenvalue weighted by Crippen LogP contribution is -2.22. The van der Waals surface area contributed by atoms with Gasteiger partial charge in [-0.2, -0.15) is 10.1 Å². The van der Waals surface area contributed by atoms with Crippen LogP contribution in [-0.2, 0) is 9.59 Å². The molecule has 4 rings (SSSR count). The summed E-state index contributed by atoms with van der Waals surface area (Å²) < 4.78 is 5.74. The first-order chi connectivity index (χ1) is 14.1. The first-order valence-corrected chi connectivity index (χ1v) is 8.88. The predicted octanol–water partition coefficient (Wildman–Crippen LogP) is 4.35. The summed E-state index contributed by atoms with van der Waals surface area (Å²) in [6.07, 6.45) is 1.52. The Kier molecular flexibility index (Phi) is 4.90. The number of carboxylic acid groups (broad SMARTS) is 1. The Labute approximate surface area is 167 Å². The summed E-state index contributed by atoms with van der Waals surface area (Å²) in [6.45, 7) is 0. The van der Waals surface area contributed by atoms with Gasteiger partial charge in [0, 0.05) is 0 Å². The van der Waals surface area contributed by atoms with Gasteiger partial charge in [-0.3, -0.25) is 4.79 Å². The van der Waals surface area contributed by atoms with Crippen LogP contribution < -0.4 is 9.75 Å². The van der Waals surface area contributed by atoms with Crippen LogP contribution in [0.4, 0.5) is 5.69 Å². The van der Waals surface area contributed by atoms with Crippen LogP contribution in [0.1, 0.15) is 5.56 Å². The number of carboxylic acids is 1. The van der Waals surface area contributed by atoms with E-state index in [-0.39, 0.29) is 11.3 Å². The largest absolute Gasteiger partial charge is 0.476 e. The average Bonchev–Trinajstić information content (AvgIpc) is 3.07. The molecule has 0 aromatic heterocycles. The number of anilines is 1. The number of para-hydroxylation sites is 2. The van der Waals surface area contributed by atoms with E-state index < -0.39 is 11.9 Å². The summed E-state index contributed by atoms with van der Waals surface area (Å²) in [4.78, 5) is 24.4. The third-order valence-electron chi connectivity index (χ3n) is 4.25. The molecule has 6 nitrogen and oxygen atoms in total. The van der Waals surface area contributed by atoms with Gasteiger partial charge in [0.25, 0.3) is 5.91 Å². The number of hydrogen-bond acceptors (Lipinski definition) is 4. The molecular weight excluding hydrogens is 368 g/mol. The maximum absolute atomic E-state index is 12.8. The van der Waals surface area contributed by atoms with Crippen LogP contribution in [0.3, 0.4) is 0 Å². The number of aliphatic carboxylic acids is 1. The molecule has 1 amide bonds. The SMILES string of the molecule is O=C(O)C1=NN(c2ccccc2)C(=O)C1=Cc1ccc(Oc2ccccc2)cc1. The van der Waals surface area contributed by atoms with Crippen molar-refractivity contribution in [1.82, 2.24) is 0 Å². The zero-order valence-corrected chi connectivity index (χ0v) is 15.2. The Morgan fingerprint density at radius 1 is 0.862 bits per heavy atom. The predicted molar refractivity (Wildman–Crippen MR) is 110 cm³/mol. The van der Waals surface area contributed by atoms with E-state index in [1.807, 2.05) is 36.4 Å². The van der Waals surface area contributed by atoms with Gasteiger partial charge in [0.05, 0.1) is 11.3 Å². The molecule has 1 aliphatic heterocycles. The van der Waals surface area contributed by atoms with E-state index in [2.05, 4.69) is 5.10 Å². The monoisotopic (exact) mass is 384 g/mol. The molecule has 1 N–H and O–H groups in total. The van der Waals surface area contributed by atoms with Crippen molar-refractivity contribution >= 4 is 29.4 Å². The number of hydrogen-bond donors (Lipinski definition) is 1. The highest BCUT2D eigenvalue weighted by Crippen LogP contribution is 2.26. The van der Waals surface area contributed by atoms with E-state index in [4.69, 9.17) is 4.74 Å². The van der Waals surface area contributed by atoms with Crippen LogP contribution in [0.2, 0.25) is 0 Å². The summed E-state index contributed by atoms with van der Waals surface area (Å²) in [5.74, 6) is -0.400. The molecule has 0 fully saturated rings. The number of rotatable bonds is 5. The first-order valence-electron chi connectivity index (χ1n) is 8.88. The maximum atomic E-state index is 12.8. The Balaban J connectivity index is 1.60. The van der Waals surface area contributed by atoms with Crippen LogP contribution in [-0.4, -0.2) is 22.7 Å². The molecule has 0 saturated carbocycles. The van der Waals surface area contributed by atoms with E-state index in [9.17, 15) is 14.7 Å². The van der Waals surface area contributed by atoms with Gasteiger partial charge in [0.15, 0.2) is 5.71 Å². The second kappa shape index (κ2) is 7.82. The summed E-state index contributed by atoms with van der Waals surface area (Å²) >= 11 is 0. The fourth-order valence-electron chi connectivity index (χ4n) is 2.87. The maximum Gasteiger partial charge on any atom is 0.357 e. The highest BCUT2D eigenvalue weighted by Gasteiger charge is 2.34. The van der Waals surface area contributed by atoms with E-state index in [1.54, 1.807) is 48.5 Å².